The number of rotatable bonds is 5. The smallest absolute Gasteiger partial charge is 0.143 e. The molecule has 4 heterocycles. The van der Waals surface area contributed by atoms with Gasteiger partial charge in [0.1, 0.15) is 22.6 Å². The third-order valence-electron chi connectivity index (χ3n) is 11.0. The van der Waals surface area contributed by atoms with Crippen LogP contribution in [-0.4, -0.2) is 14.5 Å². The maximum atomic E-state index is 15.1. The number of nitrogens with zero attached hydrogens (tertiary/aromatic N) is 3. The zero-order valence-corrected chi connectivity index (χ0v) is 35.3. The number of aromatic nitrogens is 3. The van der Waals surface area contributed by atoms with Gasteiger partial charge in [-0.05, 0) is 83.3 Å². The molecule has 0 atom stereocenters. The Hall–Kier alpha value is -6.40. The van der Waals surface area contributed by atoms with Crippen LogP contribution < -0.4 is 0 Å². The van der Waals surface area contributed by atoms with Gasteiger partial charge in [-0.3, -0.25) is 4.98 Å². The van der Waals surface area contributed by atoms with Crippen LogP contribution in [0.15, 0.2) is 155 Å². The minimum atomic E-state index is -0.224. The van der Waals surface area contributed by atoms with Crippen LogP contribution in [0.1, 0.15) is 50.7 Å². The molecule has 0 unspecified atom stereocenters. The van der Waals surface area contributed by atoms with E-state index >= 15 is 4.39 Å². The van der Waals surface area contributed by atoms with Crippen LogP contribution in [0.3, 0.4) is 0 Å². The Bertz CT molecular complexity index is 3240. The molecule has 59 heavy (non-hydrogen) atoms. The van der Waals surface area contributed by atoms with Gasteiger partial charge in [-0.25, -0.2) is 4.39 Å². The molecule has 4 aromatic heterocycles. The van der Waals surface area contributed by atoms with Crippen LogP contribution in [0.5, 0.6) is 0 Å². The zero-order chi connectivity index (χ0) is 39.5. The van der Waals surface area contributed by atoms with Crippen molar-refractivity contribution >= 4 is 65.7 Å². The van der Waals surface area contributed by atoms with Crippen LogP contribution in [-0.2, 0) is 20.1 Å². The molecule has 1 radical (unpaired) electrons. The molecule has 0 amide bonds. The van der Waals surface area contributed by atoms with Gasteiger partial charge in [0, 0.05) is 58.9 Å². The molecule has 0 aliphatic rings. The summed E-state index contributed by atoms with van der Waals surface area (Å²) < 4.78 is 30.5. The summed E-state index contributed by atoms with van der Waals surface area (Å²) in [5.41, 5.74) is 10.6. The van der Waals surface area contributed by atoms with Crippen molar-refractivity contribution in [2.45, 2.75) is 39.5 Å². The molecule has 11 rings (SSSR count). The van der Waals surface area contributed by atoms with Crippen molar-refractivity contribution < 1.29 is 33.3 Å². The molecular weight excluding hydrogens is 910 g/mol. The molecule has 5 nitrogen and oxygen atoms in total. The Morgan fingerprint density at radius 3 is 1.90 bits per heavy atom. The number of imidazole rings is 1. The summed E-state index contributed by atoms with van der Waals surface area (Å²) in [4.78, 5) is 9.41. The van der Waals surface area contributed by atoms with E-state index in [2.05, 4.69) is 91.8 Å². The Labute approximate surface area is 354 Å². The van der Waals surface area contributed by atoms with E-state index in [0.717, 1.165) is 93.7 Å². The second kappa shape index (κ2) is 15.4. The van der Waals surface area contributed by atoms with Crippen LogP contribution in [0.25, 0.3) is 94.0 Å². The number of pyridine rings is 1. The van der Waals surface area contributed by atoms with Gasteiger partial charge in [0.25, 0.3) is 0 Å². The van der Waals surface area contributed by atoms with Gasteiger partial charge >= 0.3 is 0 Å². The minimum Gasteiger partial charge on any atom is -0.500 e. The number of para-hydroxylation sites is 3. The van der Waals surface area contributed by atoms with Gasteiger partial charge < -0.3 is 18.4 Å². The SMILES string of the molecule is CC(C)c1cc(F)cc(C(C)C)c1-n1c(-c2[c-]ccc3c2oc2c3ccc3c2ccc2c4ccccc4oc23)nc2ccccc21.[Ir].[c-]1ccccc1-c1ccccn1. The van der Waals surface area contributed by atoms with Gasteiger partial charge in [0.15, 0.2) is 0 Å². The number of benzene rings is 7. The third kappa shape index (κ3) is 6.51. The molecule has 0 aliphatic carbocycles. The predicted molar refractivity (Wildman–Crippen MR) is 234 cm³/mol. The predicted octanol–water partition coefficient (Wildman–Crippen LogP) is 14.4. The quantitative estimate of drug-likeness (QED) is 0.161. The summed E-state index contributed by atoms with van der Waals surface area (Å²) in [6.45, 7) is 8.43. The molecule has 0 fully saturated rings. The molecule has 0 saturated heterocycles. The normalized spacial score (nSPS) is 11.6. The van der Waals surface area contributed by atoms with Crippen molar-refractivity contribution in [1.82, 2.24) is 14.5 Å². The largest absolute Gasteiger partial charge is 0.500 e. The van der Waals surface area contributed by atoms with Crippen LogP contribution in [0.4, 0.5) is 4.39 Å². The second-order valence-electron chi connectivity index (χ2n) is 15.3. The Kier molecular flexibility index (Phi) is 9.96. The second-order valence-corrected chi connectivity index (χ2v) is 15.3. The standard InChI is InChI=1S/C41H30FN2O2.C11H8N.Ir/c1-22(2)32-20-24(42)21-33(23(3)4)37(32)44-35-14-7-6-13-34(35)43-41(44)31-12-9-11-26-28-18-19-29-30(39(28)46-40(26)31)17-16-27-25-10-5-8-15-36(25)45-38(27)29;1-2-6-10(7-3-1)11-8-4-5-9-12-11;/h5-11,13-23H,1-4H3;1-6,8-9H;/q2*-1;. The van der Waals surface area contributed by atoms with Gasteiger partial charge in [-0.1, -0.05) is 87.2 Å². The van der Waals surface area contributed by atoms with Crippen molar-refractivity contribution in [3.8, 4) is 28.3 Å². The summed E-state index contributed by atoms with van der Waals surface area (Å²) in [7, 11) is 0. The number of furan rings is 2. The molecule has 0 bridgehead atoms. The Morgan fingerprint density at radius 1 is 0.593 bits per heavy atom. The van der Waals surface area contributed by atoms with Gasteiger partial charge in [-0.2, -0.15) is 0 Å². The van der Waals surface area contributed by atoms with Crippen molar-refractivity contribution in [3.05, 3.63) is 175 Å². The van der Waals surface area contributed by atoms with Crippen molar-refractivity contribution in [3.63, 3.8) is 0 Å². The average Bonchev–Trinajstić information content (AvgIpc) is 3.96. The van der Waals surface area contributed by atoms with E-state index < -0.39 is 0 Å². The van der Waals surface area contributed by atoms with E-state index in [1.54, 1.807) is 18.3 Å². The fourth-order valence-corrected chi connectivity index (χ4v) is 8.23. The number of hydrogen-bond donors (Lipinski definition) is 0. The van der Waals surface area contributed by atoms with Crippen molar-refractivity contribution in [1.29, 1.82) is 0 Å². The first kappa shape index (κ1) is 38.1. The zero-order valence-electron chi connectivity index (χ0n) is 32.9. The van der Waals surface area contributed by atoms with E-state index in [0.29, 0.717) is 11.4 Å². The van der Waals surface area contributed by atoms with E-state index in [-0.39, 0.29) is 37.8 Å². The summed E-state index contributed by atoms with van der Waals surface area (Å²) in [5, 5.41) is 6.18. The molecule has 11 aromatic rings. The number of fused-ring (bicyclic) bond motifs is 10. The fourth-order valence-electron chi connectivity index (χ4n) is 8.23. The number of hydrogen-bond acceptors (Lipinski definition) is 4. The van der Waals surface area contributed by atoms with E-state index in [9.17, 15) is 0 Å². The van der Waals surface area contributed by atoms with Crippen LogP contribution in [0, 0.1) is 17.9 Å². The first-order valence-corrected chi connectivity index (χ1v) is 19.6. The van der Waals surface area contributed by atoms with Crippen molar-refractivity contribution in [2.75, 3.05) is 0 Å². The van der Waals surface area contributed by atoms with Crippen LogP contribution >= 0.6 is 0 Å². The topological polar surface area (TPSA) is 57.0 Å². The van der Waals surface area contributed by atoms with Gasteiger partial charge in [0.2, 0.25) is 0 Å². The molecule has 7 aromatic carbocycles. The average molecular weight is 948 g/mol. The molecular formula is C52H38FIrN3O2-2. The molecule has 0 N–H and O–H groups in total. The fraction of sp³-hybridized carbons (Fsp3) is 0.115. The summed E-state index contributed by atoms with van der Waals surface area (Å²) in [6.07, 6.45) is 1.79. The van der Waals surface area contributed by atoms with E-state index in [1.165, 1.54) is 0 Å². The Morgan fingerprint density at radius 2 is 1.22 bits per heavy atom. The Balaban J connectivity index is 0.000000297. The maximum absolute atomic E-state index is 15.1. The van der Waals surface area contributed by atoms with Crippen molar-refractivity contribution in [2.24, 2.45) is 0 Å². The molecule has 0 aliphatic heterocycles. The molecule has 0 saturated carbocycles. The summed E-state index contributed by atoms with van der Waals surface area (Å²) in [5.74, 6) is 0.665. The van der Waals surface area contributed by atoms with E-state index in [1.807, 2.05) is 84.9 Å². The van der Waals surface area contributed by atoms with Gasteiger partial charge in [-0.15, -0.1) is 54.1 Å². The van der Waals surface area contributed by atoms with Gasteiger partial charge in [0.05, 0.1) is 22.4 Å². The molecule has 7 heteroatoms. The summed E-state index contributed by atoms with van der Waals surface area (Å²) in [6, 6.07) is 52.4. The summed E-state index contributed by atoms with van der Waals surface area (Å²) >= 11 is 0. The maximum Gasteiger partial charge on any atom is 0.143 e. The van der Waals surface area contributed by atoms with E-state index in [4.69, 9.17) is 13.8 Å². The third-order valence-corrected chi connectivity index (χ3v) is 11.0. The monoisotopic (exact) mass is 948 g/mol. The number of halogens is 1. The first-order valence-electron chi connectivity index (χ1n) is 19.6. The van der Waals surface area contributed by atoms with Crippen LogP contribution in [0.2, 0.25) is 0 Å². The minimum absolute atomic E-state index is 0. The molecule has 0 spiro atoms. The molecule has 291 valence electrons. The first-order chi connectivity index (χ1) is 28.4.